The number of hydrogen-bond donors (Lipinski definition) is 0. The van der Waals surface area contributed by atoms with Crippen molar-refractivity contribution in [3.05, 3.63) is 42.2 Å². The summed E-state index contributed by atoms with van der Waals surface area (Å²) < 4.78 is 8.35. The number of rotatable bonds is 5. The van der Waals surface area contributed by atoms with Gasteiger partial charge in [-0.05, 0) is 45.7 Å². The molecule has 2 heterocycles. The molecule has 0 amide bonds. The van der Waals surface area contributed by atoms with Crippen molar-refractivity contribution in [2.24, 2.45) is 5.92 Å². The molecule has 0 bridgehead atoms. The fourth-order valence-electron chi connectivity index (χ4n) is 3.57. The molecule has 2 unspecified atom stereocenters. The van der Waals surface area contributed by atoms with Gasteiger partial charge in [0, 0.05) is 35.5 Å². The minimum absolute atomic E-state index is 0.456. The van der Waals surface area contributed by atoms with E-state index in [-0.39, 0.29) is 0 Å². The molecular formula is C19H27N3O. The molecule has 1 aliphatic carbocycles. The van der Waals surface area contributed by atoms with Gasteiger partial charge in [0.05, 0.1) is 19.1 Å². The van der Waals surface area contributed by atoms with Crippen molar-refractivity contribution < 1.29 is 4.74 Å². The van der Waals surface area contributed by atoms with E-state index in [0.29, 0.717) is 17.9 Å². The van der Waals surface area contributed by atoms with Crippen molar-refractivity contribution in [1.29, 1.82) is 0 Å². The van der Waals surface area contributed by atoms with Crippen molar-refractivity contribution in [2.75, 3.05) is 6.61 Å². The lowest BCUT2D eigenvalue weighted by atomic mass is 9.78. The molecule has 0 radical (unpaired) electrons. The zero-order valence-corrected chi connectivity index (χ0v) is 14.4. The molecule has 2 atom stereocenters. The second kappa shape index (κ2) is 7.16. The summed E-state index contributed by atoms with van der Waals surface area (Å²) in [7, 11) is 0. The fourth-order valence-corrected chi connectivity index (χ4v) is 3.57. The maximum atomic E-state index is 6.04. The van der Waals surface area contributed by atoms with E-state index < -0.39 is 0 Å². The summed E-state index contributed by atoms with van der Waals surface area (Å²) in [6.07, 6.45) is 10.9. The first-order valence-electron chi connectivity index (χ1n) is 8.72. The average molecular weight is 313 g/mol. The molecule has 23 heavy (non-hydrogen) atoms. The number of aryl methyl sites for hydroxylation is 1. The van der Waals surface area contributed by atoms with Gasteiger partial charge in [-0.25, -0.2) is 4.98 Å². The van der Waals surface area contributed by atoms with Crippen LogP contribution in [0.1, 0.15) is 62.9 Å². The van der Waals surface area contributed by atoms with Crippen LogP contribution in [0.4, 0.5) is 0 Å². The van der Waals surface area contributed by atoms with Crippen molar-refractivity contribution in [2.45, 2.75) is 58.4 Å². The maximum Gasteiger partial charge on any atom is 0.137 e. The molecule has 0 aliphatic heterocycles. The Morgan fingerprint density at radius 3 is 2.78 bits per heavy atom. The van der Waals surface area contributed by atoms with Crippen LogP contribution < -0.4 is 4.74 Å². The first-order valence-corrected chi connectivity index (χ1v) is 8.72. The molecule has 2 aromatic heterocycles. The molecule has 0 aromatic carbocycles. The number of nitrogens with zero attached hydrogens (tertiary/aromatic N) is 3. The highest BCUT2D eigenvalue weighted by molar-refractivity contribution is 5.19. The van der Waals surface area contributed by atoms with Crippen LogP contribution in [0.25, 0.3) is 0 Å². The van der Waals surface area contributed by atoms with Crippen LogP contribution in [-0.2, 0) is 0 Å². The number of ether oxygens (including phenoxy) is 1. The Kier molecular flexibility index (Phi) is 4.99. The van der Waals surface area contributed by atoms with Crippen LogP contribution in [0.3, 0.4) is 0 Å². The van der Waals surface area contributed by atoms with E-state index in [1.165, 1.54) is 31.4 Å². The molecule has 1 saturated carbocycles. The summed E-state index contributed by atoms with van der Waals surface area (Å²) in [6, 6.07) is 4.47. The topological polar surface area (TPSA) is 39.9 Å². The van der Waals surface area contributed by atoms with Gasteiger partial charge in [0.25, 0.3) is 0 Å². The Morgan fingerprint density at radius 2 is 2.04 bits per heavy atom. The summed E-state index contributed by atoms with van der Waals surface area (Å²) in [4.78, 5) is 8.70. The van der Waals surface area contributed by atoms with E-state index in [0.717, 1.165) is 18.1 Å². The zero-order valence-electron chi connectivity index (χ0n) is 14.4. The Morgan fingerprint density at radius 1 is 1.22 bits per heavy atom. The lowest BCUT2D eigenvalue weighted by molar-refractivity contribution is 0.181. The van der Waals surface area contributed by atoms with Gasteiger partial charge in [0.15, 0.2) is 0 Å². The molecule has 1 aliphatic rings. The number of aromatic nitrogens is 3. The fraction of sp³-hybridized carbons (Fsp3) is 0.579. The van der Waals surface area contributed by atoms with Crippen LogP contribution in [0, 0.1) is 12.8 Å². The van der Waals surface area contributed by atoms with Gasteiger partial charge < -0.3 is 9.30 Å². The lowest BCUT2D eigenvalue weighted by Crippen LogP contribution is -2.26. The Hall–Kier alpha value is -1.84. The van der Waals surface area contributed by atoms with Gasteiger partial charge in [-0.3, -0.25) is 4.98 Å². The van der Waals surface area contributed by atoms with Crippen LogP contribution in [-0.4, -0.2) is 21.1 Å². The van der Waals surface area contributed by atoms with Crippen molar-refractivity contribution in [3.63, 3.8) is 0 Å². The zero-order chi connectivity index (χ0) is 16.2. The Balaban J connectivity index is 1.71. The van der Waals surface area contributed by atoms with Gasteiger partial charge >= 0.3 is 0 Å². The Bertz CT molecular complexity index is 618. The van der Waals surface area contributed by atoms with Crippen molar-refractivity contribution in [3.8, 4) is 5.75 Å². The van der Waals surface area contributed by atoms with E-state index in [2.05, 4.69) is 34.6 Å². The van der Waals surface area contributed by atoms with E-state index in [1.54, 1.807) is 0 Å². The largest absolute Gasteiger partial charge is 0.492 e. The van der Waals surface area contributed by atoms with Gasteiger partial charge in [0.1, 0.15) is 5.75 Å². The third-order valence-corrected chi connectivity index (χ3v) is 4.89. The van der Waals surface area contributed by atoms with Gasteiger partial charge in [-0.1, -0.05) is 12.8 Å². The van der Waals surface area contributed by atoms with Gasteiger partial charge in [-0.15, -0.1) is 0 Å². The summed E-state index contributed by atoms with van der Waals surface area (Å²) in [5.41, 5.74) is 2.39. The first kappa shape index (κ1) is 16.0. The summed E-state index contributed by atoms with van der Waals surface area (Å²) in [5.74, 6) is 1.98. The summed E-state index contributed by atoms with van der Waals surface area (Å²) >= 11 is 0. The predicted molar refractivity (Wildman–Crippen MR) is 91.8 cm³/mol. The average Bonchev–Trinajstić information content (AvgIpc) is 3.04. The minimum Gasteiger partial charge on any atom is -0.492 e. The third kappa shape index (κ3) is 3.74. The molecule has 4 heteroatoms. The monoisotopic (exact) mass is 313 g/mol. The lowest BCUT2D eigenvalue weighted by Gasteiger charge is -2.32. The first-order chi connectivity index (χ1) is 11.1. The number of pyridine rings is 1. The smallest absolute Gasteiger partial charge is 0.137 e. The van der Waals surface area contributed by atoms with Crippen LogP contribution in [0.5, 0.6) is 5.75 Å². The second-order valence-electron chi connectivity index (χ2n) is 6.92. The van der Waals surface area contributed by atoms with E-state index in [4.69, 9.17) is 4.74 Å². The maximum absolute atomic E-state index is 6.04. The van der Waals surface area contributed by atoms with E-state index in [1.807, 2.05) is 31.6 Å². The van der Waals surface area contributed by atoms with Crippen molar-refractivity contribution >= 4 is 0 Å². The van der Waals surface area contributed by atoms with Crippen molar-refractivity contribution in [1.82, 2.24) is 14.5 Å². The highest BCUT2D eigenvalue weighted by atomic mass is 16.5. The number of hydrogen-bond acceptors (Lipinski definition) is 3. The standard InChI is InChI=1S/C19H27N3O/c1-14(2)22-13-20-11-19(22)18-7-5-4-6-16(18)12-23-17-9-8-15(3)21-10-17/h8-11,13-14,16,18H,4-7,12H2,1-3H3. The molecule has 2 aromatic rings. The SMILES string of the molecule is Cc1ccc(OCC2CCCCC2c2cncn2C(C)C)cn1. The molecular weight excluding hydrogens is 286 g/mol. The van der Waals surface area contributed by atoms with E-state index in [9.17, 15) is 0 Å². The molecule has 0 spiro atoms. The molecule has 0 N–H and O–H groups in total. The summed E-state index contributed by atoms with van der Waals surface area (Å²) in [5, 5.41) is 0. The van der Waals surface area contributed by atoms with E-state index >= 15 is 0 Å². The molecule has 1 fully saturated rings. The Labute approximate surface area is 138 Å². The predicted octanol–water partition coefficient (Wildman–Crippen LogP) is 4.52. The highest BCUT2D eigenvalue weighted by Crippen LogP contribution is 2.38. The van der Waals surface area contributed by atoms with Crippen LogP contribution in [0.15, 0.2) is 30.9 Å². The number of imidazole rings is 1. The van der Waals surface area contributed by atoms with Crippen LogP contribution in [0.2, 0.25) is 0 Å². The highest BCUT2D eigenvalue weighted by Gasteiger charge is 2.29. The molecule has 124 valence electrons. The van der Waals surface area contributed by atoms with Gasteiger partial charge in [-0.2, -0.15) is 0 Å². The van der Waals surface area contributed by atoms with Gasteiger partial charge in [0.2, 0.25) is 0 Å². The summed E-state index contributed by atoms with van der Waals surface area (Å²) in [6.45, 7) is 7.20. The molecule has 0 saturated heterocycles. The normalized spacial score (nSPS) is 21.6. The quantitative estimate of drug-likeness (QED) is 0.814. The third-order valence-electron chi connectivity index (χ3n) is 4.89. The second-order valence-corrected chi connectivity index (χ2v) is 6.92. The molecule has 3 rings (SSSR count). The van der Waals surface area contributed by atoms with Crippen LogP contribution >= 0.6 is 0 Å². The molecule has 4 nitrogen and oxygen atoms in total. The minimum atomic E-state index is 0.456.